The number of nitrogens with zero attached hydrogens (tertiary/aromatic N) is 1. The summed E-state index contributed by atoms with van der Waals surface area (Å²) < 4.78 is 0. The van der Waals surface area contributed by atoms with Gasteiger partial charge < -0.3 is 5.21 Å². The molecule has 0 aliphatic heterocycles. The minimum absolute atomic E-state index is 0.243. The molecule has 0 heterocycles. The van der Waals surface area contributed by atoms with E-state index in [-0.39, 0.29) is 5.41 Å². The smallest absolute Gasteiger partial charge is 0.0733 e. The molecule has 1 unspecified atom stereocenters. The first kappa shape index (κ1) is 9.97. The molecule has 15 heavy (non-hydrogen) atoms. The predicted octanol–water partition coefficient (Wildman–Crippen LogP) is 3.17. The van der Waals surface area contributed by atoms with Crippen molar-refractivity contribution in [1.29, 1.82) is 0 Å². The van der Waals surface area contributed by atoms with Crippen LogP contribution in [0.4, 0.5) is 0 Å². The highest BCUT2D eigenvalue weighted by Crippen LogP contribution is 2.62. The molecular weight excluding hydrogens is 186 g/mol. The van der Waals surface area contributed by atoms with E-state index in [9.17, 15) is 0 Å². The Morgan fingerprint density at radius 1 is 1.33 bits per heavy atom. The largest absolute Gasteiger partial charge is 0.411 e. The Morgan fingerprint density at radius 2 is 1.87 bits per heavy atom. The second-order valence-corrected chi connectivity index (χ2v) is 4.59. The van der Waals surface area contributed by atoms with Gasteiger partial charge in [-0.2, -0.15) is 0 Å². The summed E-state index contributed by atoms with van der Waals surface area (Å²) in [4.78, 5) is 0. The zero-order valence-electron chi connectivity index (χ0n) is 9.07. The maximum Gasteiger partial charge on any atom is 0.0733 e. The molecule has 1 aliphatic rings. The summed E-state index contributed by atoms with van der Waals surface area (Å²) in [5.41, 5.74) is 3.74. The predicted molar refractivity (Wildman–Crippen MR) is 61.5 cm³/mol. The highest BCUT2D eigenvalue weighted by Gasteiger charge is 2.51. The third-order valence-corrected chi connectivity index (χ3v) is 3.29. The summed E-state index contributed by atoms with van der Waals surface area (Å²) in [6.45, 7) is 8.49. The number of rotatable bonds is 2. The molecule has 0 saturated heterocycles. The molecule has 0 bridgehead atoms. The number of hydrogen-bond donors (Lipinski definition) is 1. The van der Waals surface area contributed by atoms with Gasteiger partial charge in [0.25, 0.3) is 0 Å². The molecule has 1 N–H and O–H groups in total. The first-order chi connectivity index (χ1) is 7.07. The minimum atomic E-state index is 0.243. The standard InChI is InChI=1S/C13H15NO/c1-9-12(13(9,2)3)11-6-4-10(5-7-11)8-14-15/h4-8,12,15H,1H2,2-3H3/b14-8+. The summed E-state index contributed by atoms with van der Waals surface area (Å²) in [6.07, 6.45) is 1.43. The van der Waals surface area contributed by atoms with E-state index in [0.717, 1.165) is 5.56 Å². The molecule has 1 aliphatic carbocycles. The van der Waals surface area contributed by atoms with Crippen molar-refractivity contribution in [1.82, 2.24) is 0 Å². The molecule has 2 heteroatoms. The zero-order valence-corrected chi connectivity index (χ0v) is 9.07. The summed E-state index contributed by atoms with van der Waals surface area (Å²) in [7, 11) is 0. The van der Waals surface area contributed by atoms with Crippen molar-refractivity contribution in [3.8, 4) is 0 Å². The molecule has 0 radical (unpaired) electrons. The van der Waals surface area contributed by atoms with Gasteiger partial charge in [0.05, 0.1) is 6.21 Å². The highest BCUT2D eigenvalue weighted by molar-refractivity contribution is 5.79. The summed E-state index contributed by atoms with van der Waals surface area (Å²) in [6, 6.07) is 8.05. The van der Waals surface area contributed by atoms with Crippen molar-refractivity contribution in [3.05, 3.63) is 47.5 Å². The van der Waals surface area contributed by atoms with E-state index in [0.29, 0.717) is 5.92 Å². The molecule has 2 rings (SSSR count). The van der Waals surface area contributed by atoms with Crippen LogP contribution in [-0.4, -0.2) is 11.4 Å². The Hall–Kier alpha value is -1.57. The monoisotopic (exact) mass is 201 g/mol. The second-order valence-electron chi connectivity index (χ2n) is 4.59. The van der Waals surface area contributed by atoms with Crippen LogP contribution in [0.5, 0.6) is 0 Å². The molecular formula is C13H15NO. The van der Waals surface area contributed by atoms with E-state index >= 15 is 0 Å². The van der Waals surface area contributed by atoms with Crippen molar-refractivity contribution >= 4 is 6.21 Å². The van der Waals surface area contributed by atoms with E-state index in [1.165, 1.54) is 17.4 Å². The van der Waals surface area contributed by atoms with E-state index < -0.39 is 0 Å². The van der Waals surface area contributed by atoms with Gasteiger partial charge in [0.15, 0.2) is 0 Å². The van der Waals surface area contributed by atoms with Crippen LogP contribution < -0.4 is 0 Å². The molecule has 0 aromatic heterocycles. The SMILES string of the molecule is C=C1C(c2ccc(/C=N/O)cc2)C1(C)C. The lowest BCUT2D eigenvalue weighted by Gasteiger charge is -2.02. The molecule has 78 valence electrons. The molecule has 0 amide bonds. The van der Waals surface area contributed by atoms with Gasteiger partial charge in [0.2, 0.25) is 0 Å². The van der Waals surface area contributed by atoms with Crippen LogP contribution in [0.3, 0.4) is 0 Å². The molecule has 1 saturated carbocycles. The summed E-state index contributed by atoms with van der Waals surface area (Å²) >= 11 is 0. The van der Waals surface area contributed by atoms with Crippen LogP contribution in [0, 0.1) is 5.41 Å². The maximum atomic E-state index is 8.39. The van der Waals surface area contributed by atoms with E-state index in [4.69, 9.17) is 5.21 Å². The zero-order chi connectivity index (χ0) is 11.1. The van der Waals surface area contributed by atoms with Gasteiger partial charge in [-0.25, -0.2) is 0 Å². The fraction of sp³-hybridized carbons (Fsp3) is 0.308. The Bertz CT molecular complexity index is 415. The summed E-state index contributed by atoms with van der Waals surface area (Å²) in [5, 5.41) is 11.4. The quantitative estimate of drug-likeness (QED) is 0.339. The Labute approximate surface area is 89.9 Å². The van der Waals surface area contributed by atoms with Crippen LogP contribution in [0.25, 0.3) is 0 Å². The minimum Gasteiger partial charge on any atom is -0.411 e. The fourth-order valence-corrected chi connectivity index (χ4v) is 2.10. The number of allylic oxidation sites excluding steroid dienone is 1. The van der Waals surface area contributed by atoms with Crippen molar-refractivity contribution in [2.75, 3.05) is 0 Å². The highest BCUT2D eigenvalue weighted by atomic mass is 16.4. The lowest BCUT2D eigenvalue weighted by atomic mass is 10.0. The van der Waals surface area contributed by atoms with Gasteiger partial charge in [-0.1, -0.05) is 55.4 Å². The van der Waals surface area contributed by atoms with Crippen LogP contribution >= 0.6 is 0 Å². The van der Waals surface area contributed by atoms with Crippen LogP contribution in [0.15, 0.2) is 41.6 Å². The normalized spacial score (nSPS) is 23.3. The average molecular weight is 201 g/mol. The molecule has 2 nitrogen and oxygen atoms in total. The Balaban J connectivity index is 2.23. The Morgan fingerprint density at radius 3 is 2.27 bits per heavy atom. The topological polar surface area (TPSA) is 32.6 Å². The first-order valence-electron chi connectivity index (χ1n) is 5.04. The number of benzene rings is 1. The van der Waals surface area contributed by atoms with Gasteiger partial charge >= 0.3 is 0 Å². The third-order valence-electron chi connectivity index (χ3n) is 3.29. The molecule has 1 fully saturated rings. The van der Waals surface area contributed by atoms with Gasteiger partial charge in [-0.15, -0.1) is 0 Å². The van der Waals surface area contributed by atoms with Crippen molar-refractivity contribution in [2.24, 2.45) is 10.6 Å². The first-order valence-corrected chi connectivity index (χ1v) is 5.04. The second kappa shape index (κ2) is 3.23. The third kappa shape index (κ3) is 1.56. The molecule has 1 aromatic carbocycles. The van der Waals surface area contributed by atoms with Gasteiger partial charge in [-0.05, 0) is 16.5 Å². The van der Waals surface area contributed by atoms with Crippen LogP contribution in [0.1, 0.15) is 30.9 Å². The molecule has 1 aromatic rings. The molecule has 0 spiro atoms. The molecule has 1 atom stereocenters. The van der Waals surface area contributed by atoms with Gasteiger partial charge in [0, 0.05) is 5.92 Å². The number of oxime groups is 1. The summed E-state index contributed by atoms with van der Waals surface area (Å²) in [5.74, 6) is 0.484. The van der Waals surface area contributed by atoms with Crippen molar-refractivity contribution < 1.29 is 5.21 Å². The maximum absolute atomic E-state index is 8.39. The van der Waals surface area contributed by atoms with E-state index in [1.54, 1.807) is 0 Å². The van der Waals surface area contributed by atoms with E-state index in [1.807, 2.05) is 12.1 Å². The van der Waals surface area contributed by atoms with Crippen molar-refractivity contribution in [2.45, 2.75) is 19.8 Å². The lowest BCUT2D eigenvalue weighted by molar-refractivity contribution is 0.322. The van der Waals surface area contributed by atoms with Gasteiger partial charge in [0.1, 0.15) is 0 Å². The average Bonchev–Trinajstić information content (AvgIpc) is 2.69. The number of hydrogen-bond acceptors (Lipinski definition) is 2. The Kier molecular flexibility index (Phi) is 2.14. The van der Waals surface area contributed by atoms with Crippen LogP contribution in [-0.2, 0) is 0 Å². The van der Waals surface area contributed by atoms with Crippen molar-refractivity contribution in [3.63, 3.8) is 0 Å². The van der Waals surface area contributed by atoms with Gasteiger partial charge in [-0.3, -0.25) is 0 Å². The van der Waals surface area contributed by atoms with E-state index in [2.05, 4.69) is 37.7 Å². The fourth-order valence-electron chi connectivity index (χ4n) is 2.10. The van der Waals surface area contributed by atoms with Crippen LogP contribution in [0.2, 0.25) is 0 Å². The lowest BCUT2D eigenvalue weighted by Crippen LogP contribution is -1.90.